The Morgan fingerprint density at radius 3 is 2.65 bits per heavy atom. The van der Waals surface area contributed by atoms with Crippen LogP contribution in [0.25, 0.3) is 11.1 Å². The first kappa shape index (κ1) is 29.8. The molecule has 5 rings (SSSR count). The SMILES string of the molecule is C=C(NCc1cccc(-c2cnc3nc2NCCCNS(=O)(=O)c2cccc(c2)N3)c1)Nc1cc(C(F)(F)F)ccc1F. The number of rotatable bonds is 6. The fourth-order valence-electron chi connectivity index (χ4n) is 4.30. The van der Waals surface area contributed by atoms with Gasteiger partial charge in [0.1, 0.15) is 11.6 Å². The molecule has 0 spiro atoms. The smallest absolute Gasteiger partial charge is 0.369 e. The van der Waals surface area contributed by atoms with Crippen molar-refractivity contribution in [2.24, 2.45) is 0 Å². The molecule has 0 aliphatic carbocycles. The molecule has 2 heterocycles. The average molecular weight is 614 g/mol. The van der Waals surface area contributed by atoms with Crippen molar-refractivity contribution in [1.29, 1.82) is 0 Å². The average Bonchev–Trinajstić information content (AvgIpc) is 2.97. The van der Waals surface area contributed by atoms with Crippen LogP contribution in [0.2, 0.25) is 0 Å². The van der Waals surface area contributed by atoms with Crippen LogP contribution in [-0.2, 0) is 22.7 Å². The maximum atomic E-state index is 14.1. The standard InChI is InChI=1S/C29H27F4N7O2S/c1-18(38-26-14-21(29(31,32)33)9-10-25(26)30)35-16-19-5-2-6-20(13-19)24-17-36-28-39-22-7-3-8-23(15-22)43(41,42)37-12-4-11-34-27(24)40-28/h2-3,5-10,13-15,17,35,37-38H,1,4,11-12,16H2,(H2,34,36,39,40). The fraction of sp³-hybridized carbons (Fsp3) is 0.172. The van der Waals surface area contributed by atoms with Gasteiger partial charge in [0, 0.05) is 37.1 Å². The first-order valence-electron chi connectivity index (χ1n) is 13.1. The van der Waals surface area contributed by atoms with Crippen LogP contribution >= 0.6 is 0 Å². The van der Waals surface area contributed by atoms with Crippen molar-refractivity contribution < 1.29 is 26.0 Å². The zero-order chi connectivity index (χ0) is 30.6. The van der Waals surface area contributed by atoms with E-state index in [9.17, 15) is 26.0 Å². The van der Waals surface area contributed by atoms with Crippen molar-refractivity contribution >= 4 is 33.2 Å². The highest BCUT2D eigenvalue weighted by Crippen LogP contribution is 2.32. The van der Waals surface area contributed by atoms with Gasteiger partial charge >= 0.3 is 6.18 Å². The molecule has 0 atom stereocenters. The molecular formula is C29H27F4N7O2S. The quantitative estimate of drug-likeness (QED) is 0.173. The van der Waals surface area contributed by atoms with E-state index >= 15 is 0 Å². The van der Waals surface area contributed by atoms with Crippen molar-refractivity contribution in [3.63, 3.8) is 0 Å². The van der Waals surface area contributed by atoms with Gasteiger partial charge in [0.15, 0.2) is 0 Å². The minimum atomic E-state index is -4.61. The molecule has 1 aliphatic heterocycles. The van der Waals surface area contributed by atoms with Crippen molar-refractivity contribution in [3.8, 4) is 11.1 Å². The number of nitrogens with one attached hydrogen (secondary N) is 5. The molecule has 224 valence electrons. The van der Waals surface area contributed by atoms with Crippen LogP contribution in [0, 0.1) is 5.82 Å². The summed E-state index contributed by atoms with van der Waals surface area (Å²) < 4.78 is 81.1. The Hall–Kier alpha value is -4.69. The Kier molecular flexibility index (Phi) is 8.50. The van der Waals surface area contributed by atoms with E-state index in [1.165, 1.54) is 12.1 Å². The van der Waals surface area contributed by atoms with Crippen LogP contribution in [0.3, 0.4) is 0 Å². The monoisotopic (exact) mass is 613 g/mol. The maximum Gasteiger partial charge on any atom is 0.416 e. The number of sulfonamides is 1. The Labute approximate surface area is 245 Å². The van der Waals surface area contributed by atoms with Gasteiger partial charge in [0.2, 0.25) is 16.0 Å². The number of halogens is 4. The van der Waals surface area contributed by atoms with E-state index < -0.39 is 27.6 Å². The summed E-state index contributed by atoms with van der Waals surface area (Å²) >= 11 is 0. The zero-order valence-electron chi connectivity index (χ0n) is 22.6. The zero-order valence-corrected chi connectivity index (χ0v) is 23.4. The molecule has 14 heteroatoms. The van der Waals surface area contributed by atoms with E-state index in [-0.39, 0.29) is 35.4 Å². The van der Waals surface area contributed by atoms with Crippen molar-refractivity contribution in [2.75, 3.05) is 29.0 Å². The Morgan fingerprint density at radius 1 is 1.02 bits per heavy atom. The highest BCUT2D eigenvalue weighted by Gasteiger charge is 2.31. The largest absolute Gasteiger partial charge is 0.416 e. The van der Waals surface area contributed by atoms with Crippen molar-refractivity contribution in [2.45, 2.75) is 24.0 Å². The van der Waals surface area contributed by atoms with Gasteiger partial charge in [-0.15, -0.1) is 0 Å². The topological polar surface area (TPSA) is 120 Å². The summed E-state index contributed by atoms with van der Waals surface area (Å²) in [6.45, 7) is 4.64. The summed E-state index contributed by atoms with van der Waals surface area (Å²) in [7, 11) is -3.67. The molecule has 3 aromatic carbocycles. The lowest BCUT2D eigenvalue weighted by molar-refractivity contribution is -0.137. The summed E-state index contributed by atoms with van der Waals surface area (Å²) in [4.78, 5) is 9.18. The Balaban J connectivity index is 1.32. The molecule has 0 saturated carbocycles. The second kappa shape index (κ2) is 12.3. The van der Waals surface area contributed by atoms with Gasteiger partial charge < -0.3 is 21.3 Å². The van der Waals surface area contributed by atoms with Gasteiger partial charge in [-0.3, -0.25) is 0 Å². The van der Waals surface area contributed by atoms with E-state index in [1.54, 1.807) is 18.3 Å². The third-order valence-corrected chi connectivity index (χ3v) is 7.91. The molecule has 43 heavy (non-hydrogen) atoms. The van der Waals surface area contributed by atoms with Gasteiger partial charge in [-0.2, -0.15) is 18.2 Å². The summed E-state index contributed by atoms with van der Waals surface area (Å²) in [6.07, 6.45) is -2.46. The fourth-order valence-corrected chi connectivity index (χ4v) is 5.42. The molecule has 0 amide bonds. The number of nitrogens with zero attached hydrogens (tertiary/aromatic N) is 2. The molecule has 4 aromatic rings. The number of hydrogen-bond donors (Lipinski definition) is 5. The molecule has 0 radical (unpaired) electrons. The lowest BCUT2D eigenvalue weighted by Crippen LogP contribution is -2.26. The third kappa shape index (κ3) is 7.40. The van der Waals surface area contributed by atoms with Crippen LogP contribution in [0.1, 0.15) is 17.5 Å². The predicted octanol–water partition coefficient (Wildman–Crippen LogP) is 5.81. The molecule has 4 bridgehead atoms. The number of benzene rings is 3. The summed E-state index contributed by atoms with van der Waals surface area (Å²) in [5.74, 6) is 0.0754. The van der Waals surface area contributed by atoms with Gasteiger partial charge in [-0.25, -0.2) is 22.5 Å². The molecule has 9 nitrogen and oxygen atoms in total. The number of hydrogen-bond acceptors (Lipinski definition) is 8. The summed E-state index contributed by atoms with van der Waals surface area (Å²) in [6, 6.07) is 15.9. The minimum Gasteiger partial charge on any atom is -0.369 e. The number of alkyl halides is 3. The second-order valence-corrected chi connectivity index (χ2v) is 11.4. The maximum absolute atomic E-state index is 14.1. The molecule has 5 N–H and O–H groups in total. The molecule has 1 aliphatic rings. The van der Waals surface area contributed by atoms with E-state index in [2.05, 4.69) is 42.5 Å². The van der Waals surface area contributed by atoms with Crippen LogP contribution in [0.4, 0.5) is 40.7 Å². The number of anilines is 4. The van der Waals surface area contributed by atoms with Crippen LogP contribution in [-0.4, -0.2) is 31.5 Å². The van der Waals surface area contributed by atoms with Crippen LogP contribution < -0.4 is 26.0 Å². The van der Waals surface area contributed by atoms with Gasteiger partial charge in [0.05, 0.1) is 22.0 Å². The molecular weight excluding hydrogens is 586 g/mol. The second-order valence-electron chi connectivity index (χ2n) is 9.64. The van der Waals surface area contributed by atoms with Crippen LogP contribution in [0.5, 0.6) is 0 Å². The molecule has 1 aromatic heterocycles. The van der Waals surface area contributed by atoms with Gasteiger partial charge in [0.25, 0.3) is 0 Å². The van der Waals surface area contributed by atoms with E-state index in [0.29, 0.717) is 42.2 Å². The lowest BCUT2D eigenvalue weighted by atomic mass is 10.0. The molecule has 0 saturated heterocycles. The highest BCUT2D eigenvalue weighted by atomic mass is 32.2. The lowest BCUT2D eigenvalue weighted by Gasteiger charge is -2.16. The molecule has 0 unspecified atom stereocenters. The van der Waals surface area contributed by atoms with Gasteiger partial charge in [-0.05, 0) is 60.0 Å². The third-order valence-electron chi connectivity index (χ3n) is 6.45. The van der Waals surface area contributed by atoms with Crippen molar-refractivity contribution in [1.82, 2.24) is 20.0 Å². The normalized spacial score (nSPS) is 14.6. The predicted molar refractivity (Wildman–Crippen MR) is 156 cm³/mol. The minimum absolute atomic E-state index is 0.113. The first-order chi connectivity index (χ1) is 20.5. The summed E-state index contributed by atoms with van der Waals surface area (Å²) in [5, 5.41) is 11.8. The van der Waals surface area contributed by atoms with Crippen LogP contribution in [0.15, 0.2) is 90.2 Å². The van der Waals surface area contributed by atoms with Gasteiger partial charge in [-0.1, -0.05) is 30.8 Å². The van der Waals surface area contributed by atoms with E-state index in [0.717, 1.165) is 17.2 Å². The van der Waals surface area contributed by atoms with Crippen molar-refractivity contribution in [3.05, 3.63) is 102 Å². The Morgan fingerprint density at radius 2 is 1.84 bits per heavy atom. The number of aromatic nitrogens is 2. The molecule has 0 fully saturated rings. The highest BCUT2D eigenvalue weighted by molar-refractivity contribution is 7.89. The Bertz CT molecular complexity index is 1760. The number of fused-ring (bicyclic) bond motifs is 4. The van der Waals surface area contributed by atoms with E-state index in [1.807, 2.05) is 24.3 Å². The summed E-state index contributed by atoms with van der Waals surface area (Å²) in [5.41, 5.74) is 1.45. The van der Waals surface area contributed by atoms with E-state index in [4.69, 9.17) is 0 Å². The first-order valence-corrected chi connectivity index (χ1v) is 14.6.